The van der Waals surface area contributed by atoms with Gasteiger partial charge in [-0.2, -0.15) is 0 Å². The number of likely N-dealkylation sites (N-methyl/N-ethyl adjacent to an activating group) is 1. The molecule has 38 heavy (non-hydrogen) atoms. The number of sulfonamides is 1. The van der Waals surface area contributed by atoms with Gasteiger partial charge in [0.2, 0.25) is 11.8 Å². The molecule has 9 heteroatoms. The van der Waals surface area contributed by atoms with Gasteiger partial charge in [0.15, 0.2) is 0 Å². The summed E-state index contributed by atoms with van der Waals surface area (Å²) < 4.78 is 28.7. The highest BCUT2D eigenvalue weighted by molar-refractivity contribution is 7.92. The lowest BCUT2D eigenvalue weighted by Crippen LogP contribution is -2.52. The lowest BCUT2D eigenvalue weighted by atomic mass is 10.1. The van der Waals surface area contributed by atoms with Gasteiger partial charge in [-0.25, -0.2) is 8.42 Å². The van der Waals surface area contributed by atoms with Crippen LogP contribution < -0.4 is 9.62 Å². The highest BCUT2D eigenvalue weighted by atomic mass is 35.5. The normalized spacial score (nSPS) is 12.0. The van der Waals surface area contributed by atoms with Crippen molar-refractivity contribution in [3.05, 3.63) is 94.5 Å². The number of nitrogens with one attached hydrogen (secondary N) is 1. The van der Waals surface area contributed by atoms with Crippen molar-refractivity contribution in [2.75, 3.05) is 17.4 Å². The molecule has 0 aliphatic carbocycles. The molecule has 0 aromatic heterocycles. The van der Waals surface area contributed by atoms with Crippen molar-refractivity contribution in [2.45, 2.75) is 51.6 Å². The smallest absolute Gasteiger partial charge is 0.264 e. The van der Waals surface area contributed by atoms with Gasteiger partial charge in [-0.15, -0.1) is 0 Å². The third-order valence-corrected chi connectivity index (χ3v) is 8.21. The number of halogens is 1. The molecule has 1 N–H and O–H groups in total. The van der Waals surface area contributed by atoms with E-state index in [2.05, 4.69) is 5.32 Å². The van der Waals surface area contributed by atoms with Crippen LogP contribution in [0.4, 0.5) is 5.69 Å². The van der Waals surface area contributed by atoms with Crippen molar-refractivity contribution < 1.29 is 18.0 Å². The van der Waals surface area contributed by atoms with Crippen LogP contribution in [0.3, 0.4) is 0 Å². The minimum absolute atomic E-state index is 0.0619. The molecule has 2 amide bonds. The zero-order valence-electron chi connectivity index (χ0n) is 22.1. The summed E-state index contributed by atoms with van der Waals surface area (Å²) in [7, 11) is -4.11. The van der Waals surface area contributed by atoms with Crippen LogP contribution in [0.1, 0.15) is 37.0 Å². The summed E-state index contributed by atoms with van der Waals surface area (Å²) in [6.45, 7) is 7.55. The molecule has 0 unspecified atom stereocenters. The number of carbonyl (C=O) groups excluding carboxylic acids is 2. The molecule has 3 aromatic rings. The van der Waals surface area contributed by atoms with Crippen LogP contribution >= 0.6 is 11.6 Å². The molecule has 1 atom stereocenters. The van der Waals surface area contributed by atoms with Crippen molar-refractivity contribution in [2.24, 2.45) is 0 Å². The van der Waals surface area contributed by atoms with Gasteiger partial charge in [-0.3, -0.25) is 13.9 Å². The van der Waals surface area contributed by atoms with Crippen LogP contribution in [-0.4, -0.2) is 44.3 Å². The third kappa shape index (κ3) is 7.14. The molecule has 0 spiro atoms. The Bertz CT molecular complexity index is 1360. The fourth-order valence-corrected chi connectivity index (χ4v) is 5.73. The van der Waals surface area contributed by atoms with Crippen LogP contribution in [0.15, 0.2) is 77.7 Å². The highest BCUT2D eigenvalue weighted by Gasteiger charge is 2.33. The van der Waals surface area contributed by atoms with Crippen LogP contribution in [0, 0.1) is 13.8 Å². The SMILES string of the molecule is CCNC(=O)[C@@H](CC)N(Cc1cccc(C)c1)C(=O)CN(c1ccc(Cl)cc1)S(=O)(=O)c1ccc(C)cc1. The molecular weight excluding hydrogens is 522 g/mol. The second-order valence-electron chi connectivity index (χ2n) is 9.13. The summed E-state index contributed by atoms with van der Waals surface area (Å²) in [5.41, 5.74) is 3.08. The van der Waals surface area contributed by atoms with Gasteiger partial charge in [0.25, 0.3) is 10.0 Å². The molecular formula is C29H34ClN3O4S. The quantitative estimate of drug-likeness (QED) is 0.357. The molecule has 0 heterocycles. The molecule has 0 aliphatic heterocycles. The van der Waals surface area contributed by atoms with E-state index in [1.807, 2.05) is 52.0 Å². The first-order valence-corrected chi connectivity index (χ1v) is 14.4. The number of hydrogen-bond donors (Lipinski definition) is 1. The van der Waals surface area contributed by atoms with Crippen molar-refractivity contribution >= 4 is 39.1 Å². The topological polar surface area (TPSA) is 86.8 Å². The van der Waals surface area contributed by atoms with Crippen molar-refractivity contribution in [3.63, 3.8) is 0 Å². The summed E-state index contributed by atoms with van der Waals surface area (Å²) >= 11 is 6.06. The molecule has 3 aromatic carbocycles. The lowest BCUT2D eigenvalue weighted by Gasteiger charge is -2.33. The Hall–Kier alpha value is -3.36. The summed E-state index contributed by atoms with van der Waals surface area (Å²) in [6, 6.07) is 19.6. The van der Waals surface area contributed by atoms with Gasteiger partial charge in [-0.1, -0.05) is 66.0 Å². The third-order valence-electron chi connectivity index (χ3n) is 6.17. The summed E-state index contributed by atoms with van der Waals surface area (Å²) in [5, 5.41) is 3.24. The number of amides is 2. The van der Waals surface area contributed by atoms with Gasteiger partial charge in [0, 0.05) is 18.1 Å². The van der Waals surface area contributed by atoms with E-state index in [1.54, 1.807) is 36.4 Å². The molecule has 3 rings (SSSR count). The standard InChI is InChI=1S/C29H34ClN3O4S/c1-5-27(29(35)31-6-2)32(19-23-9-7-8-22(4)18-23)28(34)20-33(25-14-12-24(30)13-15-25)38(36,37)26-16-10-21(3)11-17-26/h7-18,27H,5-6,19-20H2,1-4H3,(H,31,35)/t27-/m1/s1. The van der Waals surface area contributed by atoms with Gasteiger partial charge in [-0.05, 0) is 69.2 Å². The van der Waals surface area contributed by atoms with Crippen LogP contribution in [0.5, 0.6) is 0 Å². The molecule has 202 valence electrons. The van der Waals surface area contributed by atoms with Gasteiger partial charge in [0.1, 0.15) is 12.6 Å². The second-order valence-corrected chi connectivity index (χ2v) is 11.4. The molecule has 0 aliphatic rings. The number of nitrogens with zero attached hydrogens (tertiary/aromatic N) is 2. The van der Waals surface area contributed by atoms with Crippen LogP contribution in [-0.2, 0) is 26.2 Å². The second kappa shape index (κ2) is 12.9. The number of rotatable bonds is 11. The van der Waals surface area contributed by atoms with E-state index in [4.69, 9.17) is 11.6 Å². The average molecular weight is 556 g/mol. The first-order chi connectivity index (χ1) is 18.1. The van der Waals surface area contributed by atoms with Crippen LogP contribution in [0.25, 0.3) is 0 Å². The predicted octanol–water partition coefficient (Wildman–Crippen LogP) is 5.10. The Morgan fingerprint density at radius 1 is 0.921 bits per heavy atom. The lowest BCUT2D eigenvalue weighted by molar-refractivity contribution is -0.140. The Morgan fingerprint density at radius 2 is 1.58 bits per heavy atom. The van der Waals surface area contributed by atoms with E-state index in [9.17, 15) is 18.0 Å². The zero-order valence-corrected chi connectivity index (χ0v) is 23.7. The van der Waals surface area contributed by atoms with Gasteiger partial charge in [0.05, 0.1) is 10.6 Å². The Kier molecular flexibility index (Phi) is 9.94. The molecule has 0 radical (unpaired) electrons. The van der Waals surface area contributed by atoms with E-state index < -0.39 is 28.5 Å². The maximum atomic E-state index is 13.9. The maximum Gasteiger partial charge on any atom is 0.264 e. The van der Waals surface area contributed by atoms with Crippen LogP contribution in [0.2, 0.25) is 5.02 Å². The molecule has 7 nitrogen and oxygen atoms in total. The van der Waals surface area contributed by atoms with E-state index in [0.717, 1.165) is 21.0 Å². The Labute approximate surface area is 230 Å². The van der Waals surface area contributed by atoms with Crippen molar-refractivity contribution in [1.82, 2.24) is 10.2 Å². The number of benzene rings is 3. The minimum atomic E-state index is -4.11. The zero-order chi connectivity index (χ0) is 27.9. The largest absolute Gasteiger partial charge is 0.355 e. The van der Waals surface area contributed by atoms with Gasteiger partial charge >= 0.3 is 0 Å². The monoisotopic (exact) mass is 555 g/mol. The van der Waals surface area contributed by atoms with Gasteiger partial charge < -0.3 is 10.2 Å². The Balaban J connectivity index is 2.05. The summed E-state index contributed by atoms with van der Waals surface area (Å²) in [6.07, 6.45) is 0.370. The first-order valence-electron chi connectivity index (χ1n) is 12.5. The van der Waals surface area contributed by atoms with E-state index >= 15 is 0 Å². The number of aryl methyl sites for hydroxylation is 2. The van der Waals surface area contributed by atoms with E-state index in [0.29, 0.717) is 23.7 Å². The Morgan fingerprint density at radius 3 is 2.16 bits per heavy atom. The number of hydrogen-bond acceptors (Lipinski definition) is 4. The van der Waals surface area contributed by atoms with E-state index in [1.165, 1.54) is 17.0 Å². The predicted molar refractivity (Wildman–Crippen MR) is 152 cm³/mol. The summed E-state index contributed by atoms with van der Waals surface area (Å²) in [4.78, 5) is 28.4. The average Bonchev–Trinajstić information content (AvgIpc) is 2.88. The van der Waals surface area contributed by atoms with E-state index in [-0.39, 0.29) is 17.3 Å². The molecule has 0 fully saturated rings. The minimum Gasteiger partial charge on any atom is -0.355 e. The number of anilines is 1. The fraction of sp³-hybridized carbons (Fsp3) is 0.310. The van der Waals surface area contributed by atoms with Crippen molar-refractivity contribution in [3.8, 4) is 0 Å². The highest BCUT2D eigenvalue weighted by Crippen LogP contribution is 2.26. The first kappa shape index (κ1) is 29.2. The molecule has 0 bridgehead atoms. The summed E-state index contributed by atoms with van der Waals surface area (Å²) in [5.74, 6) is -0.773. The molecule has 0 saturated carbocycles. The van der Waals surface area contributed by atoms with Crippen molar-refractivity contribution in [1.29, 1.82) is 0 Å². The molecule has 0 saturated heterocycles. The fourth-order valence-electron chi connectivity index (χ4n) is 4.19. The maximum absolute atomic E-state index is 13.9. The number of carbonyl (C=O) groups is 2.